The second-order valence-corrected chi connectivity index (χ2v) is 3.90. The van der Waals surface area contributed by atoms with E-state index in [0.29, 0.717) is 22.8 Å². The molecule has 0 bridgehead atoms. The Hall–Kier alpha value is -2.34. The molecule has 0 saturated heterocycles. The molecule has 0 spiro atoms. The first-order valence-corrected chi connectivity index (χ1v) is 5.59. The Morgan fingerprint density at radius 1 is 1.42 bits per heavy atom. The topological polar surface area (TPSA) is 77.5 Å². The predicted molar refractivity (Wildman–Crippen MR) is 65.8 cm³/mol. The van der Waals surface area contributed by atoms with Crippen molar-refractivity contribution in [2.45, 2.75) is 13.5 Å². The quantitative estimate of drug-likeness (QED) is 0.502. The molecule has 5 nitrogen and oxygen atoms in total. The maximum atomic E-state index is 12.7. The van der Waals surface area contributed by atoms with Crippen LogP contribution < -0.4 is 16.0 Å². The summed E-state index contributed by atoms with van der Waals surface area (Å²) < 4.78 is 23.5. The zero-order chi connectivity index (χ0) is 13.8. The summed E-state index contributed by atoms with van der Waals surface area (Å²) in [6.07, 6.45) is 0. The molecule has 0 aliphatic rings. The van der Waals surface area contributed by atoms with E-state index in [4.69, 9.17) is 15.0 Å². The molecular weight excluding hydrogens is 251 g/mol. The number of nitrogen functional groups attached to an aromatic ring is 1. The highest BCUT2D eigenvalue weighted by molar-refractivity contribution is 5.94. The molecule has 6 heteroatoms. The van der Waals surface area contributed by atoms with Crippen LogP contribution in [-0.4, -0.2) is 5.91 Å². The van der Waals surface area contributed by atoms with Gasteiger partial charge in [0, 0.05) is 0 Å². The molecule has 0 aliphatic heterocycles. The number of rotatable bonds is 4. The summed E-state index contributed by atoms with van der Waals surface area (Å²) in [5, 5.41) is 0. The van der Waals surface area contributed by atoms with Crippen LogP contribution in [0.4, 0.5) is 4.39 Å². The van der Waals surface area contributed by atoms with E-state index in [1.54, 1.807) is 13.0 Å². The van der Waals surface area contributed by atoms with E-state index < -0.39 is 5.91 Å². The van der Waals surface area contributed by atoms with Crippen LogP contribution in [0.5, 0.6) is 5.75 Å². The summed E-state index contributed by atoms with van der Waals surface area (Å²) in [5.74, 6) is 5.76. The number of benzene rings is 1. The maximum absolute atomic E-state index is 12.7. The van der Waals surface area contributed by atoms with Crippen LogP contribution in [0.1, 0.15) is 21.9 Å². The van der Waals surface area contributed by atoms with Crippen LogP contribution in [0.3, 0.4) is 0 Å². The third kappa shape index (κ3) is 3.11. The zero-order valence-corrected chi connectivity index (χ0v) is 10.3. The molecule has 0 unspecified atom stereocenters. The summed E-state index contributed by atoms with van der Waals surface area (Å²) in [6, 6.07) is 7.18. The lowest BCUT2D eigenvalue weighted by atomic mass is 10.2. The fraction of sp³-hybridized carbons (Fsp3) is 0.154. The van der Waals surface area contributed by atoms with Crippen LogP contribution in [0.2, 0.25) is 0 Å². The van der Waals surface area contributed by atoms with Crippen LogP contribution in [0, 0.1) is 12.7 Å². The molecule has 0 fully saturated rings. The van der Waals surface area contributed by atoms with Gasteiger partial charge in [0.05, 0.1) is 5.56 Å². The number of nitrogens with one attached hydrogen (secondary N) is 1. The van der Waals surface area contributed by atoms with Gasteiger partial charge in [-0.1, -0.05) is 0 Å². The molecule has 0 aliphatic carbocycles. The van der Waals surface area contributed by atoms with Crippen LogP contribution in [-0.2, 0) is 6.61 Å². The number of ether oxygens (including phenoxy) is 1. The molecule has 2 rings (SSSR count). The smallest absolute Gasteiger partial charge is 0.268 e. The first-order valence-electron chi connectivity index (χ1n) is 5.59. The minimum Gasteiger partial charge on any atom is -0.486 e. The molecule has 0 radical (unpaired) electrons. The number of nitrogens with two attached hydrogens (primary N) is 1. The lowest BCUT2D eigenvalue weighted by Gasteiger charge is -2.03. The largest absolute Gasteiger partial charge is 0.486 e. The van der Waals surface area contributed by atoms with Gasteiger partial charge >= 0.3 is 0 Å². The normalized spacial score (nSPS) is 10.3. The SMILES string of the molecule is Cc1oc(COc2ccc(F)cc2)cc1C(=O)NN. The van der Waals surface area contributed by atoms with Gasteiger partial charge in [-0.3, -0.25) is 10.2 Å². The van der Waals surface area contributed by atoms with Crippen LogP contribution >= 0.6 is 0 Å². The van der Waals surface area contributed by atoms with Gasteiger partial charge in [0.1, 0.15) is 29.7 Å². The second-order valence-electron chi connectivity index (χ2n) is 3.90. The Morgan fingerprint density at radius 3 is 2.74 bits per heavy atom. The van der Waals surface area contributed by atoms with Gasteiger partial charge < -0.3 is 9.15 Å². The van der Waals surface area contributed by atoms with Crippen molar-refractivity contribution < 1.29 is 18.3 Å². The molecule has 0 saturated carbocycles. The van der Waals surface area contributed by atoms with Crippen molar-refractivity contribution in [2.24, 2.45) is 5.84 Å². The maximum Gasteiger partial charge on any atom is 0.268 e. The fourth-order valence-corrected chi connectivity index (χ4v) is 1.60. The van der Waals surface area contributed by atoms with Crippen molar-refractivity contribution in [1.82, 2.24) is 5.43 Å². The number of halogens is 1. The van der Waals surface area contributed by atoms with E-state index in [2.05, 4.69) is 0 Å². The number of furan rings is 1. The molecule has 19 heavy (non-hydrogen) atoms. The molecule has 1 aromatic heterocycles. The summed E-state index contributed by atoms with van der Waals surface area (Å²) in [5.41, 5.74) is 2.40. The van der Waals surface area contributed by atoms with E-state index >= 15 is 0 Å². The minimum atomic E-state index is -0.422. The van der Waals surface area contributed by atoms with Crippen LogP contribution in [0.15, 0.2) is 34.7 Å². The van der Waals surface area contributed by atoms with Gasteiger partial charge in [-0.2, -0.15) is 0 Å². The Balaban J connectivity index is 2.04. The van der Waals surface area contributed by atoms with Gasteiger partial charge in [-0.05, 0) is 37.3 Å². The Morgan fingerprint density at radius 2 is 2.11 bits per heavy atom. The summed E-state index contributed by atoms with van der Waals surface area (Å²) in [6.45, 7) is 1.80. The molecular formula is C13H13FN2O3. The van der Waals surface area contributed by atoms with Gasteiger partial charge in [-0.25, -0.2) is 10.2 Å². The number of aryl methyl sites for hydroxylation is 1. The third-order valence-electron chi connectivity index (χ3n) is 2.54. The third-order valence-corrected chi connectivity index (χ3v) is 2.54. The zero-order valence-electron chi connectivity index (χ0n) is 10.3. The number of amides is 1. The first kappa shape index (κ1) is 13.1. The molecule has 2 aromatic rings. The van der Waals surface area contributed by atoms with E-state index in [-0.39, 0.29) is 12.4 Å². The number of hydrazine groups is 1. The highest BCUT2D eigenvalue weighted by Crippen LogP contribution is 2.18. The number of carbonyl (C=O) groups is 1. The first-order chi connectivity index (χ1) is 9.10. The van der Waals surface area contributed by atoms with Crippen LogP contribution in [0.25, 0.3) is 0 Å². The van der Waals surface area contributed by atoms with E-state index in [9.17, 15) is 9.18 Å². The average Bonchev–Trinajstić information content (AvgIpc) is 2.78. The predicted octanol–water partition coefficient (Wildman–Crippen LogP) is 1.91. The van der Waals surface area contributed by atoms with Crippen molar-refractivity contribution in [1.29, 1.82) is 0 Å². The van der Waals surface area contributed by atoms with E-state index in [0.717, 1.165) is 0 Å². The summed E-state index contributed by atoms with van der Waals surface area (Å²) in [4.78, 5) is 11.4. The molecule has 1 heterocycles. The Labute approximate surface area is 109 Å². The summed E-state index contributed by atoms with van der Waals surface area (Å²) >= 11 is 0. The highest BCUT2D eigenvalue weighted by atomic mass is 19.1. The highest BCUT2D eigenvalue weighted by Gasteiger charge is 2.14. The van der Waals surface area contributed by atoms with Gasteiger partial charge in [0.25, 0.3) is 5.91 Å². The summed E-state index contributed by atoms with van der Waals surface area (Å²) in [7, 11) is 0. The number of carbonyl (C=O) groups excluding carboxylic acids is 1. The lowest BCUT2D eigenvalue weighted by Crippen LogP contribution is -2.30. The molecule has 1 aromatic carbocycles. The van der Waals surface area contributed by atoms with Crippen molar-refractivity contribution in [2.75, 3.05) is 0 Å². The number of hydrogen-bond acceptors (Lipinski definition) is 4. The van der Waals surface area contributed by atoms with E-state index in [1.165, 1.54) is 24.3 Å². The van der Waals surface area contributed by atoms with E-state index in [1.807, 2.05) is 5.43 Å². The van der Waals surface area contributed by atoms with Crippen molar-refractivity contribution in [3.05, 3.63) is 53.2 Å². The standard InChI is InChI=1S/C13H13FN2O3/c1-8-12(13(17)16-15)6-11(19-8)7-18-10-4-2-9(14)3-5-10/h2-6H,7,15H2,1H3,(H,16,17). The molecule has 1 amide bonds. The Kier molecular flexibility index (Phi) is 3.82. The molecule has 3 N–H and O–H groups in total. The van der Waals surface area contributed by atoms with Crippen molar-refractivity contribution in [3.63, 3.8) is 0 Å². The van der Waals surface area contributed by atoms with Gasteiger partial charge in [0.2, 0.25) is 0 Å². The Bertz CT molecular complexity index is 578. The molecule has 0 atom stereocenters. The average molecular weight is 264 g/mol. The van der Waals surface area contributed by atoms with Crippen molar-refractivity contribution >= 4 is 5.91 Å². The number of hydrogen-bond donors (Lipinski definition) is 2. The van der Waals surface area contributed by atoms with Gasteiger partial charge in [-0.15, -0.1) is 0 Å². The lowest BCUT2D eigenvalue weighted by molar-refractivity contribution is 0.0952. The minimum absolute atomic E-state index is 0.143. The molecule has 100 valence electrons. The fourth-order valence-electron chi connectivity index (χ4n) is 1.60. The monoisotopic (exact) mass is 264 g/mol. The second kappa shape index (κ2) is 5.53. The van der Waals surface area contributed by atoms with Gasteiger partial charge in [0.15, 0.2) is 0 Å². The van der Waals surface area contributed by atoms with Crippen molar-refractivity contribution in [3.8, 4) is 5.75 Å².